The molecule has 1 fully saturated rings. The van der Waals surface area contributed by atoms with Gasteiger partial charge < -0.3 is 14.9 Å². The maximum atomic E-state index is 13.5. The van der Waals surface area contributed by atoms with Crippen LogP contribution >= 0.6 is 0 Å². The fraction of sp³-hybridized carbons (Fsp3) is 0.600. The van der Waals surface area contributed by atoms with Crippen LogP contribution in [0, 0.1) is 5.82 Å². The minimum absolute atomic E-state index is 0.0827. The zero-order chi connectivity index (χ0) is 14.0. The van der Waals surface area contributed by atoms with Crippen molar-refractivity contribution in [1.29, 1.82) is 0 Å². The summed E-state index contributed by atoms with van der Waals surface area (Å²) in [5.74, 6) is -0.213. The summed E-state index contributed by atoms with van der Waals surface area (Å²) >= 11 is 0. The van der Waals surface area contributed by atoms with Crippen LogP contribution in [0.5, 0.6) is 0 Å². The molecule has 1 unspecified atom stereocenters. The molecule has 0 amide bonds. The number of anilines is 1. The van der Waals surface area contributed by atoms with E-state index in [1.807, 2.05) is 6.07 Å². The molecule has 1 N–H and O–H groups in total. The Bertz CT molecular complexity index is 436. The summed E-state index contributed by atoms with van der Waals surface area (Å²) in [6.45, 7) is 6.29. The van der Waals surface area contributed by atoms with Crippen LogP contribution in [-0.4, -0.2) is 48.3 Å². The molecule has 0 radical (unpaired) electrons. The van der Waals surface area contributed by atoms with Crippen LogP contribution in [0.25, 0.3) is 0 Å². The standard InChI is InChI=1S/C15H23FN2O/c1-15(2)11-17(3)10-14(7-8-19)18(15)13-6-4-5-12(16)9-13/h4-6,9,14,19H,7-8,10-11H2,1-3H3. The molecule has 0 aromatic heterocycles. The van der Waals surface area contributed by atoms with E-state index in [1.165, 1.54) is 6.07 Å². The van der Waals surface area contributed by atoms with Gasteiger partial charge in [-0.15, -0.1) is 0 Å². The number of halogens is 1. The molecule has 1 heterocycles. The second-order valence-corrected chi connectivity index (χ2v) is 6.03. The molecule has 1 aromatic rings. The molecule has 0 aliphatic carbocycles. The summed E-state index contributed by atoms with van der Waals surface area (Å²) in [6.07, 6.45) is 0.699. The van der Waals surface area contributed by atoms with E-state index in [-0.39, 0.29) is 24.0 Å². The maximum Gasteiger partial charge on any atom is 0.125 e. The van der Waals surface area contributed by atoms with Crippen LogP contribution in [0.1, 0.15) is 20.3 Å². The predicted octanol–water partition coefficient (Wildman–Crippen LogP) is 2.11. The SMILES string of the molecule is CN1CC(CCO)N(c2cccc(F)c2)C(C)(C)C1. The molecule has 4 heteroatoms. The van der Waals surface area contributed by atoms with E-state index in [9.17, 15) is 9.50 Å². The van der Waals surface area contributed by atoms with Crippen molar-refractivity contribution in [3.8, 4) is 0 Å². The lowest BCUT2D eigenvalue weighted by Crippen LogP contribution is -2.63. The molecule has 0 spiro atoms. The third-order valence-corrected chi connectivity index (χ3v) is 3.75. The Hall–Kier alpha value is -1.13. The predicted molar refractivity (Wildman–Crippen MR) is 75.9 cm³/mol. The lowest BCUT2D eigenvalue weighted by molar-refractivity contribution is 0.159. The van der Waals surface area contributed by atoms with E-state index in [1.54, 1.807) is 12.1 Å². The molecule has 0 bridgehead atoms. The number of rotatable bonds is 3. The second-order valence-electron chi connectivity index (χ2n) is 6.03. The molecule has 2 rings (SSSR count). The normalized spacial score (nSPS) is 23.6. The van der Waals surface area contributed by atoms with Crippen LogP contribution in [-0.2, 0) is 0 Å². The van der Waals surface area contributed by atoms with E-state index in [0.29, 0.717) is 6.42 Å². The number of nitrogens with zero attached hydrogens (tertiary/aromatic N) is 2. The van der Waals surface area contributed by atoms with Gasteiger partial charge in [-0.3, -0.25) is 0 Å². The fourth-order valence-corrected chi connectivity index (χ4v) is 3.29. The van der Waals surface area contributed by atoms with Crippen molar-refractivity contribution in [2.75, 3.05) is 31.6 Å². The second kappa shape index (κ2) is 5.47. The van der Waals surface area contributed by atoms with Gasteiger partial charge in [0, 0.05) is 37.0 Å². The first kappa shape index (κ1) is 14.3. The van der Waals surface area contributed by atoms with Crippen molar-refractivity contribution in [3.63, 3.8) is 0 Å². The molecule has 1 saturated heterocycles. The highest BCUT2D eigenvalue weighted by Gasteiger charge is 2.38. The van der Waals surface area contributed by atoms with Crippen LogP contribution in [0.15, 0.2) is 24.3 Å². The highest BCUT2D eigenvalue weighted by Crippen LogP contribution is 2.32. The summed E-state index contributed by atoms with van der Waals surface area (Å²) in [4.78, 5) is 4.53. The van der Waals surface area contributed by atoms with E-state index in [2.05, 4.69) is 30.7 Å². The highest BCUT2D eigenvalue weighted by molar-refractivity contribution is 5.51. The van der Waals surface area contributed by atoms with Crippen LogP contribution < -0.4 is 4.90 Å². The number of likely N-dealkylation sites (N-methyl/N-ethyl adjacent to an activating group) is 1. The van der Waals surface area contributed by atoms with Crippen LogP contribution in [0.2, 0.25) is 0 Å². The van der Waals surface area contributed by atoms with Crippen molar-refractivity contribution in [3.05, 3.63) is 30.1 Å². The summed E-state index contributed by atoms with van der Waals surface area (Å²) < 4.78 is 13.5. The smallest absolute Gasteiger partial charge is 0.125 e. The Kier molecular flexibility index (Phi) is 4.11. The van der Waals surface area contributed by atoms with Crippen molar-refractivity contribution < 1.29 is 9.50 Å². The van der Waals surface area contributed by atoms with Gasteiger partial charge in [-0.05, 0) is 45.5 Å². The number of hydrogen-bond acceptors (Lipinski definition) is 3. The van der Waals surface area contributed by atoms with E-state index >= 15 is 0 Å². The zero-order valence-corrected chi connectivity index (χ0v) is 11.9. The Morgan fingerprint density at radius 2 is 2.16 bits per heavy atom. The largest absolute Gasteiger partial charge is 0.396 e. The van der Waals surface area contributed by atoms with E-state index < -0.39 is 0 Å². The average molecular weight is 266 g/mol. The fourth-order valence-electron chi connectivity index (χ4n) is 3.29. The van der Waals surface area contributed by atoms with Gasteiger partial charge in [0.15, 0.2) is 0 Å². The molecule has 1 aromatic carbocycles. The number of aliphatic hydroxyl groups is 1. The molecule has 3 nitrogen and oxygen atoms in total. The van der Waals surface area contributed by atoms with Crippen LogP contribution in [0.3, 0.4) is 0 Å². The van der Waals surface area contributed by atoms with Gasteiger partial charge in [-0.2, -0.15) is 0 Å². The molecule has 1 atom stereocenters. The molecular formula is C15H23FN2O. The van der Waals surface area contributed by atoms with Crippen molar-refractivity contribution in [2.45, 2.75) is 31.8 Å². The van der Waals surface area contributed by atoms with Gasteiger partial charge in [0.1, 0.15) is 5.82 Å². The first-order chi connectivity index (χ1) is 8.94. The first-order valence-corrected chi connectivity index (χ1v) is 6.78. The molecular weight excluding hydrogens is 243 g/mol. The lowest BCUT2D eigenvalue weighted by Gasteiger charge is -2.52. The molecule has 19 heavy (non-hydrogen) atoms. The van der Waals surface area contributed by atoms with Crippen molar-refractivity contribution in [2.24, 2.45) is 0 Å². The lowest BCUT2D eigenvalue weighted by atomic mass is 9.92. The Morgan fingerprint density at radius 1 is 1.42 bits per heavy atom. The Morgan fingerprint density at radius 3 is 2.79 bits per heavy atom. The summed E-state index contributed by atoms with van der Waals surface area (Å²) in [6, 6.07) is 6.95. The van der Waals surface area contributed by atoms with Crippen molar-refractivity contribution >= 4 is 5.69 Å². The summed E-state index contributed by atoms with van der Waals surface area (Å²) in [7, 11) is 2.09. The number of aliphatic hydroxyl groups excluding tert-OH is 1. The zero-order valence-electron chi connectivity index (χ0n) is 11.9. The van der Waals surface area contributed by atoms with Crippen LogP contribution in [0.4, 0.5) is 10.1 Å². The van der Waals surface area contributed by atoms with E-state index in [0.717, 1.165) is 18.8 Å². The van der Waals surface area contributed by atoms with Gasteiger partial charge >= 0.3 is 0 Å². The number of hydrogen-bond donors (Lipinski definition) is 1. The highest BCUT2D eigenvalue weighted by atomic mass is 19.1. The Labute approximate surface area is 114 Å². The monoisotopic (exact) mass is 266 g/mol. The number of benzene rings is 1. The average Bonchev–Trinajstić information content (AvgIpc) is 2.26. The Balaban J connectivity index is 2.36. The van der Waals surface area contributed by atoms with Gasteiger partial charge in [-0.1, -0.05) is 6.07 Å². The quantitative estimate of drug-likeness (QED) is 0.907. The summed E-state index contributed by atoms with van der Waals surface area (Å²) in [5, 5.41) is 9.27. The third-order valence-electron chi connectivity index (χ3n) is 3.75. The van der Waals surface area contributed by atoms with E-state index in [4.69, 9.17) is 0 Å². The molecule has 0 saturated carbocycles. The van der Waals surface area contributed by atoms with Gasteiger partial charge in [-0.25, -0.2) is 4.39 Å². The van der Waals surface area contributed by atoms with Gasteiger partial charge in [0.05, 0.1) is 0 Å². The summed E-state index contributed by atoms with van der Waals surface area (Å²) in [5.41, 5.74) is 0.817. The minimum atomic E-state index is -0.213. The topological polar surface area (TPSA) is 26.7 Å². The van der Waals surface area contributed by atoms with Gasteiger partial charge in [0.25, 0.3) is 0 Å². The van der Waals surface area contributed by atoms with Crippen molar-refractivity contribution in [1.82, 2.24) is 4.90 Å². The number of piperazine rings is 1. The van der Waals surface area contributed by atoms with Gasteiger partial charge in [0.2, 0.25) is 0 Å². The molecule has 1 aliphatic heterocycles. The minimum Gasteiger partial charge on any atom is -0.396 e. The molecule has 106 valence electrons. The third kappa shape index (κ3) is 3.07. The maximum absolute atomic E-state index is 13.5. The first-order valence-electron chi connectivity index (χ1n) is 6.78. The molecule has 1 aliphatic rings.